The molecule has 1 fully saturated rings. The average Bonchev–Trinajstić information content (AvgIpc) is 2.96. The van der Waals surface area contributed by atoms with Crippen LogP contribution in [0.3, 0.4) is 0 Å². The molecule has 1 aliphatic heterocycles. The molecule has 6 nitrogen and oxygen atoms in total. The van der Waals surface area contributed by atoms with E-state index in [0.29, 0.717) is 37.1 Å². The van der Waals surface area contributed by atoms with Gasteiger partial charge in [0.1, 0.15) is 11.2 Å². The van der Waals surface area contributed by atoms with Gasteiger partial charge < -0.3 is 14.7 Å². The second-order valence-electron chi connectivity index (χ2n) is 11.5. The zero-order valence-electron chi connectivity index (χ0n) is 23.5. The van der Waals surface area contributed by atoms with E-state index < -0.39 is 29.2 Å². The van der Waals surface area contributed by atoms with Gasteiger partial charge in [0.15, 0.2) is 5.69 Å². The van der Waals surface area contributed by atoms with Crippen LogP contribution >= 0.6 is 11.6 Å². The molecule has 2 aromatic heterocycles. The molecule has 5 rings (SSSR count). The highest BCUT2D eigenvalue weighted by molar-refractivity contribution is 6.38. The first kappa shape index (κ1) is 29.8. The van der Waals surface area contributed by atoms with Crippen LogP contribution in [0.4, 0.5) is 18.0 Å². The number of pyridine rings is 2. The van der Waals surface area contributed by atoms with E-state index in [0.717, 1.165) is 0 Å². The van der Waals surface area contributed by atoms with Crippen LogP contribution in [0.2, 0.25) is 5.02 Å². The van der Waals surface area contributed by atoms with E-state index in [1.54, 1.807) is 92.7 Å². The standard InChI is InChI=1S/C32H31ClF3N3O3/c1-30(2,3)42-29(40)39-16-13-21(14-17-39)31(41,23-10-7-15-37-19-23)22-11-12-25-24(18-22)27(33)26(20-8-5-4-6-9-20)28(38-25)32(34,35)36/h4-12,15,18-19,21,41H,13-14,16-17H2,1-3H3. The van der Waals surface area contributed by atoms with Crippen molar-refractivity contribution in [3.05, 3.63) is 94.9 Å². The summed E-state index contributed by atoms with van der Waals surface area (Å²) in [5, 5.41) is 12.7. The van der Waals surface area contributed by atoms with Crippen molar-refractivity contribution >= 4 is 28.6 Å². The number of alkyl halides is 3. The summed E-state index contributed by atoms with van der Waals surface area (Å²) in [6, 6.07) is 16.2. The minimum absolute atomic E-state index is 0.0593. The lowest BCUT2D eigenvalue weighted by atomic mass is 9.72. The van der Waals surface area contributed by atoms with E-state index in [1.165, 1.54) is 6.07 Å². The molecule has 3 heterocycles. The fourth-order valence-corrected chi connectivity index (χ4v) is 5.92. The molecular formula is C32H31ClF3N3O3. The third kappa shape index (κ3) is 5.80. The first-order chi connectivity index (χ1) is 19.8. The number of nitrogens with zero attached hydrogens (tertiary/aromatic N) is 3. The van der Waals surface area contributed by atoms with E-state index in [4.69, 9.17) is 16.3 Å². The van der Waals surface area contributed by atoms with Gasteiger partial charge in [-0.05, 0) is 68.9 Å². The van der Waals surface area contributed by atoms with Crippen molar-refractivity contribution in [1.82, 2.24) is 14.9 Å². The number of ether oxygens (including phenoxy) is 1. The van der Waals surface area contributed by atoms with Crippen LogP contribution in [0.5, 0.6) is 0 Å². The number of carbonyl (C=O) groups excluding carboxylic acids is 1. The lowest BCUT2D eigenvalue weighted by Crippen LogP contribution is -2.47. The van der Waals surface area contributed by atoms with Gasteiger partial charge in [-0.15, -0.1) is 0 Å². The quantitative estimate of drug-likeness (QED) is 0.259. The Morgan fingerprint density at radius 1 is 1.00 bits per heavy atom. The van der Waals surface area contributed by atoms with Gasteiger partial charge in [0.25, 0.3) is 0 Å². The summed E-state index contributed by atoms with van der Waals surface area (Å²) in [6.07, 6.45) is -1.06. The highest BCUT2D eigenvalue weighted by Gasteiger charge is 2.44. The smallest absolute Gasteiger partial charge is 0.434 e. The molecule has 1 unspecified atom stereocenters. The second-order valence-corrected chi connectivity index (χ2v) is 11.9. The number of hydrogen-bond acceptors (Lipinski definition) is 5. The number of halogens is 4. The summed E-state index contributed by atoms with van der Waals surface area (Å²) >= 11 is 6.76. The maximum Gasteiger partial charge on any atom is 0.434 e. The van der Waals surface area contributed by atoms with E-state index in [2.05, 4.69) is 9.97 Å². The number of fused-ring (bicyclic) bond motifs is 1. The Balaban J connectivity index is 1.60. The number of hydrogen-bond donors (Lipinski definition) is 1. The number of benzene rings is 2. The third-order valence-electron chi connectivity index (χ3n) is 7.53. The summed E-state index contributed by atoms with van der Waals surface area (Å²) in [6.45, 7) is 6.15. The molecule has 0 spiro atoms. The van der Waals surface area contributed by atoms with E-state index in [1.807, 2.05) is 0 Å². The highest BCUT2D eigenvalue weighted by atomic mass is 35.5. The largest absolute Gasteiger partial charge is 0.444 e. The highest BCUT2D eigenvalue weighted by Crippen LogP contribution is 2.46. The molecule has 220 valence electrons. The lowest BCUT2D eigenvalue weighted by molar-refractivity contribution is -0.140. The SMILES string of the molecule is CC(C)(C)OC(=O)N1CCC(C(O)(c2cccnc2)c2ccc3nc(C(F)(F)F)c(-c4ccccc4)c(Cl)c3c2)CC1. The topological polar surface area (TPSA) is 75.5 Å². The van der Waals surface area contributed by atoms with Crippen molar-refractivity contribution in [2.24, 2.45) is 5.92 Å². The van der Waals surface area contributed by atoms with Crippen LogP contribution in [0.25, 0.3) is 22.0 Å². The number of aromatic nitrogens is 2. The van der Waals surface area contributed by atoms with E-state index >= 15 is 0 Å². The average molecular weight is 598 g/mol. The first-order valence-corrected chi connectivity index (χ1v) is 14.0. The maximum atomic E-state index is 14.1. The molecule has 0 saturated carbocycles. The summed E-state index contributed by atoms with van der Waals surface area (Å²) in [5.41, 5.74) is -2.17. The first-order valence-electron chi connectivity index (χ1n) is 13.7. The Bertz CT molecular complexity index is 1590. The van der Waals surface area contributed by atoms with Gasteiger partial charge >= 0.3 is 12.3 Å². The van der Waals surface area contributed by atoms with Crippen molar-refractivity contribution in [3.63, 3.8) is 0 Å². The Kier molecular flexibility index (Phi) is 7.94. The Morgan fingerprint density at radius 3 is 2.29 bits per heavy atom. The van der Waals surface area contributed by atoms with E-state index in [-0.39, 0.29) is 33.0 Å². The van der Waals surface area contributed by atoms with Gasteiger partial charge in [0.2, 0.25) is 0 Å². The molecule has 0 radical (unpaired) electrons. The molecule has 0 aliphatic carbocycles. The number of amides is 1. The Morgan fingerprint density at radius 2 is 1.69 bits per heavy atom. The molecule has 1 aliphatic rings. The number of likely N-dealkylation sites (tertiary alicyclic amines) is 1. The number of rotatable bonds is 4. The van der Waals surface area contributed by atoms with Gasteiger partial charge in [-0.3, -0.25) is 4.98 Å². The molecule has 2 aromatic carbocycles. The monoisotopic (exact) mass is 597 g/mol. The normalized spacial score (nSPS) is 16.3. The zero-order chi connectivity index (χ0) is 30.3. The van der Waals surface area contributed by atoms with Crippen LogP contribution < -0.4 is 0 Å². The van der Waals surface area contributed by atoms with Crippen molar-refractivity contribution in [2.75, 3.05) is 13.1 Å². The van der Waals surface area contributed by atoms with Gasteiger partial charge in [-0.2, -0.15) is 13.2 Å². The summed E-state index contributed by atoms with van der Waals surface area (Å²) in [5.74, 6) is -0.340. The van der Waals surface area contributed by atoms with Crippen LogP contribution in [-0.4, -0.2) is 44.8 Å². The van der Waals surface area contributed by atoms with Gasteiger partial charge in [-0.25, -0.2) is 9.78 Å². The van der Waals surface area contributed by atoms with Crippen molar-refractivity contribution in [1.29, 1.82) is 0 Å². The zero-order valence-corrected chi connectivity index (χ0v) is 24.2. The summed E-state index contributed by atoms with van der Waals surface area (Å²) in [7, 11) is 0. The fourth-order valence-electron chi connectivity index (χ4n) is 5.57. The molecule has 1 saturated heterocycles. The predicted molar refractivity (Wildman–Crippen MR) is 155 cm³/mol. The van der Waals surface area contributed by atoms with E-state index in [9.17, 15) is 23.1 Å². The van der Waals surface area contributed by atoms with Gasteiger partial charge in [-0.1, -0.05) is 54.1 Å². The second kappa shape index (κ2) is 11.2. The van der Waals surface area contributed by atoms with Gasteiger partial charge in [0, 0.05) is 42.0 Å². The number of piperidine rings is 1. The van der Waals surface area contributed by atoms with Crippen LogP contribution in [-0.2, 0) is 16.5 Å². The molecule has 4 aromatic rings. The number of carbonyl (C=O) groups is 1. The molecule has 1 N–H and O–H groups in total. The maximum absolute atomic E-state index is 14.1. The third-order valence-corrected chi connectivity index (χ3v) is 7.92. The molecule has 42 heavy (non-hydrogen) atoms. The minimum atomic E-state index is -4.74. The Hall–Kier alpha value is -3.69. The van der Waals surface area contributed by atoms with Crippen LogP contribution in [0.15, 0.2) is 73.1 Å². The molecule has 0 bridgehead atoms. The molecule has 1 atom stereocenters. The van der Waals surface area contributed by atoms with Gasteiger partial charge in [0.05, 0.1) is 10.5 Å². The van der Waals surface area contributed by atoms with Crippen molar-refractivity contribution in [3.8, 4) is 11.1 Å². The van der Waals surface area contributed by atoms with Crippen LogP contribution in [0, 0.1) is 5.92 Å². The molecular weight excluding hydrogens is 567 g/mol. The lowest BCUT2D eigenvalue weighted by Gasteiger charge is -2.42. The summed E-state index contributed by atoms with van der Waals surface area (Å²) < 4.78 is 48.0. The van der Waals surface area contributed by atoms with Crippen LogP contribution in [0.1, 0.15) is 50.4 Å². The summed E-state index contributed by atoms with van der Waals surface area (Å²) in [4.78, 5) is 22.5. The van der Waals surface area contributed by atoms with Crippen molar-refractivity contribution < 1.29 is 27.8 Å². The van der Waals surface area contributed by atoms with Crippen molar-refractivity contribution in [2.45, 2.75) is 51.0 Å². The molecule has 10 heteroatoms. The minimum Gasteiger partial charge on any atom is -0.444 e. The predicted octanol–water partition coefficient (Wildman–Crippen LogP) is 7.85. The molecule has 1 amide bonds. The Labute approximate surface area is 247 Å². The number of aliphatic hydroxyl groups is 1. The fraction of sp³-hybridized carbons (Fsp3) is 0.344.